The minimum Gasteiger partial charge on any atom is -0.382 e. The average molecular weight is 715 g/mol. The number of rotatable bonds is 17. The molecular weight excluding hydrogens is 681 g/mol. The van der Waals surface area contributed by atoms with Crippen LogP contribution in [0, 0.1) is 11.8 Å². The summed E-state index contributed by atoms with van der Waals surface area (Å²) >= 11 is 0. The van der Waals surface area contributed by atoms with E-state index in [1.54, 1.807) is 10.8 Å². The molecule has 2 rings (SSSR count). The van der Waals surface area contributed by atoms with E-state index < -0.39 is 54.2 Å². The van der Waals surface area contributed by atoms with Gasteiger partial charge < -0.3 is 50.0 Å². The van der Waals surface area contributed by atoms with Gasteiger partial charge in [0.25, 0.3) is 0 Å². The third-order valence-corrected chi connectivity index (χ3v) is 11.8. The van der Waals surface area contributed by atoms with Gasteiger partial charge in [0.15, 0.2) is 0 Å². The Labute approximate surface area is 254 Å². The molecule has 24 heteroatoms. The van der Waals surface area contributed by atoms with Crippen LogP contribution in [0.4, 0.5) is 5.82 Å². The molecule has 1 aliphatic rings. The van der Waals surface area contributed by atoms with Gasteiger partial charge in [0, 0.05) is 31.0 Å². The van der Waals surface area contributed by atoms with Crippen LogP contribution in [0.3, 0.4) is 0 Å². The fourth-order valence-electron chi connectivity index (χ4n) is 3.08. The minimum absolute atomic E-state index is 0.0245. The highest BCUT2D eigenvalue weighted by Crippen LogP contribution is 2.66. The van der Waals surface area contributed by atoms with Crippen molar-refractivity contribution >= 4 is 50.9 Å². The van der Waals surface area contributed by atoms with Crippen LogP contribution in [0.25, 0.3) is 0 Å². The van der Waals surface area contributed by atoms with E-state index in [9.17, 15) is 28.3 Å². The van der Waals surface area contributed by atoms with Gasteiger partial charge >= 0.3 is 29.2 Å². The maximum Gasteiger partial charge on any atom is 0.490 e. The van der Waals surface area contributed by atoms with E-state index >= 15 is 0 Å². The Morgan fingerprint density at radius 3 is 2.53 bits per heavy atom. The maximum atomic E-state index is 12.6. The van der Waals surface area contributed by atoms with Crippen molar-refractivity contribution in [1.29, 1.82) is 0 Å². The number of nitrogens with zero attached hydrogens (tertiary/aromatic N) is 2. The van der Waals surface area contributed by atoms with E-state index in [-0.39, 0.29) is 35.9 Å². The van der Waals surface area contributed by atoms with E-state index in [0.717, 1.165) is 4.57 Å². The predicted octanol–water partition coefficient (Wildman–Crippen LogP) is 0.890. The molecule has 1 aromatic rings. The molecule has 246 valence electrons. The zero-order valence-electron chi connectivity index (χ0n) is 23.0. The lowest BCUT2D eigenvalue weighted by Gasteiger charge is -2.21. The van der Waals surface area contributed by atoms with Gasteiger partial charge in [-0.3, -0.25) is 9.09 Å². The number of nitrogens with two attached hydrogens (primary N) is 2. The predicted molar refractivity (Wildman–Crippen MR) is 154 cm³/mol. The molecule has 0 spiro atoms. The normalized spacial score (nSPS) is 22.0. The number of phosphoric ester groups is 1. The van der Waals surface area contributed by atoms with Gasteiger partial charge in [-0.05, 0) is 13.8 Å². The molecular formula is C19H33N4O15P3S2. The quantitative estimate of drug-likeness (QED) is 0.0429. The van der Waals surface area contributed by atoms with Crippen LogP contribution in [0.2, 0.25) is 0 Å². The molecule has 1 aliphatic heterocycles. The summed E-state index contributed by atoms with van der Waals surface area (Å²) in [6.45, 7) is 3.52. The number of phosphoric acid groups is 3. The first-order chi connectivity index (χ1) is 19.9. The Morgan fingerprint density at radius 2 is 1.91 bits per heavy atom. The van der Waals surface area contributed by atoms with Gasteiger partial charge in [-0.15, -0.1) is 0 Å². The second kappa shape index (κ2) is 16.6. The number of methoxy groups -OCH3 is 1. The fraction of sp³-hybridized carbons (Fsp3) is 0.684. The van der Waals surface area contributed by atoms with Crippen molar-refractivity contribution in [3.8, 4) is 11.8 Å². The molecule has 5 atom stereocenters. The average Bonchev–Trinajstić information content (AvgIpc) is 3.27. The Balaban J connectivity index is 2.10. The summed E-state index contributed by atoms with van der Waals surface area (Å²) in [4.78, 5) is 52.8. The topological polar surface area (TPSA) is 284 Å². The highest BCUT2D eigenvalue weighted by molar-refractivity contribution is 8.77. The minimum atomic E-state index is -5.72. The van der Waals surface area contributed by atoms with Gasteiger partial charge in [0.1, 0.15) is 37.5 Å². The van der Waals surface area contributed by atoms with Crippen molar-refractivity contribution in [2.75, 3.05) is 45.3 Å². The fourth-order valence-corrected chi connectivity index (χ4v) is 8.21. The summed E-state index contributed by atoms with van der Waals surface area (Å²) in [6.07, 6.45) is -1.88. The summed E-state index contributed by atoms with van der Waals surface area (Å²) in [5.74, 6) is 5.76. The van der Waals surface area contributed by atoms with Gasteiger partial charge in [-0.2, -0.15) is 13.6 Å². The van der Waals surface area contributed by atoms with Crippen LogP contribution in [0.5, 0.6) is 0 Å². The number of ether oxygens (including phenoxy) is 4. The molecule has 1 aromatic heterocycles. The molecule has 1 saturated heterocycles. The largest absolute Gasteiger partial charge is 0.490 e. The van der Waals surface area contributed by atoms with Gasteiger partial charge in [0.05, 0.1) is 18.3 Å². The molecule has 1 fully saturated rings. The molecule has 2 heterocycles. The Morgan fingerprint density at radius 1 is 1.21 bits per heavy atom. The molecule has 0 aliphatic carbocycles. The van der Waals surface area contributed by atoms with Gasteiger partial charge in [-0.25, -0.2) is 18.5 Å². The summed E-state index contributed by atoms with van der Waals surface area (Å²) < 4.78 is 69.1. The number of aromatic nitrogens is 2. The summed E-state index contributed by atoms with van der Waals surface area (Å²) in [7, 11) is -12.3. The highest BCUT2D eigenvalue weighted by Gasteiger charge is 2.43. The van der Waals surface area contributed by atoms with Crippen LogP contribution < -0.4 is 17.2 Å². The van der Waals surface area contributed by atoms with Crippen LogP contribution in [0.15, 0.2) is 11.0 Å². The molecule has 8 N–H and O–H groups in total. The van der Waals surface area contributed by atoms with Crippen LogP contribution in [-0.2, 0) is 45.8 Å². The van der Waals surface area contributed by atoms with E-state index in [2.05, 4.69) is 30.0 Å². The summed E-state index contributed by atoms with van der Waals surface area (Å²) in [6, 6.07) is 0. The third-order valence-electron chi connectivity index (χ3n) is 4.99. The second-order valence-corrected chi connectivity index (χ2v) is 16.4. The first-order valence-electron chi connectivity index (χ1n) is 11.9. The molecule has 0 saturated carbocycles. The van der Waals surface area contributed by atoms with E-state index in [1.165, 1.54) is 24.1 Å². The molecule has 0 bridgehead atoms. The summed E-state index contributed by atoms with van der Waals surface area (Å²) in [5.41, 5.74) is 10.9. The SMILES string of the molecule is COCOC1C[C@H](n2cc(C#CCOCSSC(C)(C)CN)c(N)nc2=O)O[C@@H]1COP(=O)(O)OP(=O)(O)OP(=O)(O)O. The van der Waals surface area contributed by atoms with E-state index in [4.69, 9.17) is 40.2 Å². The number of anilines is 1. The smallest absolute Gasteiger partial charge is 0.382 e. The van der Waals surface area contributed by atoms with Gasteiger partial charge in [-0.1, -0.05) is 33.4 Å². The maximum absolute atomic E-state index is 12.6. The molecule has 43 heavy (non-hydrogen) atoms. The Kier molecular flexibility index (Phi) is 14.8. The van der Waals surface area contributed by atoms with E-state index in [1.807, 2.05) is 13.8 Å². The van der Waals surface area contributed by atoms with Crippen LogP contribution in [0.1, 0.15) is 32.1 Å². The van der Waals surface area contributed by atoms with Crippen molar-refractivity contribution in [2.24, 2.45) is 5.73 Å². The van der Waals surface area contributed by atoms with E-state index in [0.29, 0.717) is 12.5 Å². The molecule has 19 nitrogen and oxygen atoms in total. The lowest BCUT2D eigenvalue weighted by Crippen LogP contribution is -2.30. The van der Waals surface area contributed by atoms with Crippen LogP contribution in [-0.4, -0.2) is 85.7 Å². The highest BCUT2D eigenvalue weighted by atomic mass is 33.1. The monoisotopic (exact) mass is 714 g/mol. The van der Waals surface area contributed by atoms with Crippen molar-refractivity contribution < 1.29 is 65.4 Å². The van der Waals surface area contributed by atoms with Crippen molar-refractivity contribution in [2.45, 2.75) is 43.5 Å². The van der Waals surface area contributed by atoms with Crippen molar-refractivity contribution in [3.05, 3.63) is 22.2 Å². The van der Waals surface area contributed by atoms with Crippen molar-refractivity contribution in [3.63, 3.8) is 0 Å². The lowest BCUT2D eigenvalue weighted by molar-refractivity contribution is -0.107. The lowest BCUT2D eigenvalue weighted by atomic mass is 10.2. The first kappa shape index (κ1) is 38.3. The molecule has 0 amide bonds. The second-order valence-electron chi connectivity index (χ2n) is 9.03. The molecule has 0 aromatic carbocycles. The first-order valence-corrected chi connectivity index (χ1v) is 18.7. The Bertz CT molecular complexity index is 1350. The van der Waals surface area contributed by atoms with Crippen molar-refractivity contribution in [1.82, 2.24) is 9.55 Å². The Hall–Kier alpha value is -0.850. The third kappa shape index (κ3) is 14.0. The standard InChI is InChI=1S/C19H33N4O15P3S2/c1-19(2,10-20)43-42-12-33-6-4-5-13-8-23(18(24)22-17(13)21)16-7-14(34-11-32-3)15(36-16)9-35-40(28,29)38-41(30,31)37-39(25,26)27/h8,14-16H,6-7,9-12,20H2,1-3H3,(H,28,29)(H,30,31)(H2,21,22,24)(H2,25,26,27)/t14?,15-,16-/m1/s1. The van der Waals surface area contributed by atoms with Crippen LogP contribution >= 0.6 is 45.1 Å². The molecule has 0 radical (unpaired) electrons. The molecule has 3 unspecified atom stereocenters. The number of nitrogen functional groups attached to an aromatic ring is 1. The zero-order valence-corrected chi connectivity index (χ0v) is 27.4. The number of hydrogen-bond donors (Lipinski definition) is 6. The summed E-state index contributed by atoms with van der Waals surface area (Å²) in [5, 5.41) is 0. The zero-order chi connectivity index (χ0) is 32.5. The van der Waals surface area contributed by atoms with Gasteiger partial charge in [0.2, 0.25) is 0 Å². The number of hydrogen-bond acceptors (Lipinski definition) is 16.